The number of hydrogen-bond donors (Lipinski definition) is 2. The lowest BCUT2D eigenvalue weighted by Crippen LogP contribution is -2.39. The molecular formula is C10H14N2O5S. The molecule has 18 heavy (non-hydrogen) atoms. The van der Waals surface area contributed by atoms with Crippen LogP contribution in [0.1, 0.15) is 13.8 Å². The second-order valence-electron chi connectivity index (χ2n) is 3.48. The predicted octanol–water partition coefficient (Wildman–Crippen LogP) is -0.395. The Morgan fingerprint density at radius 2 is 2.17 bits per heavy atom. The summed E-state index contributed by atoms with van der Waals surface area (Å²) >= 11 is 0. The van der Waals surface area contributed by atoms with E-state index >= 15 is 0 Å². The van der Waals surface area contributed by atoms with E-state index in [9.17, 15) is 18.0 Å². The second-order valence-corrected chi connectivity index (χ2v) is 5.20. The molecule has 0 aromatic carbocycles. The van der Waals surface area contributed by atoms with E-state index in [2.05, 4.69) is 14.4 Å². The summed E-state index contributed by atoms with van der Waals surface area (Å²) in [6.45, 7) is 3.17. The van der Waals surface area contributed by atoms with Gasteiger partial charge in [-0.2, -0.15) is 4.72 Å². The molecule has 1 unspecified atom stereocenters. The molecular weight excluding hydrogens is 260 g/mol. The van der Waals surface area contributed by atoms with Gasteiger partial charge in [-0.15, -0.1) is 0 Å². The third-order valence-corrected chi connectivity index (χ3v) is 3.58. The molecule has 0 saturated carbocycles. The first-order valence-corrected chi connectivity index (χ1v) is 6.73. The fraction of sp³-hybridized carbons (Fsp3) is 0.400. The van der Waals surface area contributed by atoms with Crippen molar-refractivity contribution in [1.29, 1.82) is 0 Å². The van der Waals surface area contributed by atoms with Crippen molar-refractivity contribution < 1.29 is 17.9 Å². The molecule has 1 aromatic heterocycles. The number of carbonyl (C=O) groups is 1. The number of aromatic amines is 1. The minimum Gasteiger partial charge on any atom is -0.465 e. The monoisotopic (exact) mass is 274 g/mol. The molecule has 0 radical (unpaired) electrons. The molecule has 0 aliphatic heterocycles. The third kappa shape index (κ3) is 3.67. The Kier molecular flexibility index (Phi) is 4.62. The van der Waals surface area contributed by atoms with E-state index in [1.807, 2.05) is 0 Å². The Hall–Kier alpha value is -1.67. The van der Waals surface area contributed by atoms with Gasteiger partial charge in [-0.3, -0.25) is 9.59 Å². The summed E-state index contributed by atoms with van der Waals surface area (Å²) in [5.74, 6) is -0.662. The van der Waals surface area contributed by atoms with Crippen LogP contribution in [0.3, 0.4) is 0 Å². The number of hydrogen-bond acceptors (Lipinski definition) is 5. The zero-order valence-electron chi connectivity index (χ0n) is 9.97. The average molecular weight is 274 g/mol. The van der Waals surface area contributed by atoms with Crippen LogP contribution < -0.4 is 10.3 Å². The predicted molar refractivity (Wildman–Crippen MR) is 63.5 cm³/mol. The van der Waals surface area contributed by atoms with Crippen LogP contribution in [-0.4, -0.2) is 32.0 Å². The van der Waals surface area contributed by atoms with Crippen LogP contribution >= 0.6 is 0 Å². The number of H-pyrrole nitrogens is 1. The van der Waals surface area contributed by atoms with Crippen LogP contribution in [0.5, 0.6) is 0 Å². The average Bonchev–Trinajstić information content (AvgIpc) is 2.29. The molecule has 1 atom stereocenters. The zero-order valence-corrected chi connectivity index (χ0v) is 10.8. The zero-order chi connectivity index (χ0) is 13.8. The maximum atomic E-state index is 11.8. The second kappa shape index (κ2) is 5.78. The van der Waals surface area contributed by atoms with Gasteiger partial charge < -0.3 is 9.72 Å². The van der Waals surface area contributed by atoms with Crippen LogP contribution in [0.4, 0.5) is 0 Å². The SMILES string of the molecule is CCOC(=O)C(C)NS(=O)(=O)c1ccc(=O)[nH]c1. The van der Waals surface area contributed by atoms with Crippen molar-refractivity contribution in [1.82, 2.24) is 9.71 Å². The summed E-state index contributed by atoms with van der Waals surface area (Å²) in [4.78, 5) is 24.2. The fourth-order valence-corrected chi connectivity index (χ4v) is 2.34. The highest BCUT2D eigenvalue weighted by Crippen LogP contribution is 2.05. The van der Waals surface area contributed by atoms with Gasteiger partial charge in [0.1, 0.15) is 6.04 Å². The van der Waals surface area contributed by atoms with E-state index in [0.717, 1.165) is 18.3 Å². The number of ether oxygens (including phenoxy) is 1. The van der Waals surface area contributed by atoms with Crippen LogP contribution in [-0.2, 0) is 19.6 Å². The van der Waals surface area contributed by atoms with Crippen molar-refractivity contribution in [2.24, 2.45) is 0 Å². The van der Waals surface area contributed by atoms with E-state index < -0.39 is 27.6 Å². The molecule has 1 aromatic rings. The van der Waals surface area contributed by atoms with Gasteiger partial charge in [-0.05, 0) is 19.9 Å². The molecule has 8 heteroatoms. The molecule has 100 valence electrons. The number of sulfonamides is 1. The molecule has 0 fully saturated rings. The number of aromatic nitrogens is 1. The van der Waals surface area contributed by atoms with Crippen LogP contribution in [0, 0.1) is 0 Å². The van der Waals surface area contributed by atoms with Crippen LogP contribution in [0.2, 0.25) is 0 Å². The van der Waals surface area contributed by atoms with Crippen LogP contribution in [0.25, 0.3) is 0 Å². The highest BCUT2D eigenvalue weighted by atomic mass is 32.2. The lowest BCUT2D eigenvalue weighted by molar-refractivity contribution is -0.144. The summed E-state index contributed by atoms with van der Waals surface area (Å²) in [6.07, 6.45) is 1.06. The Morgan fingerprint density at radius 3 is 2.67 bits per heavy atom. The fourth-order valence-electron chi connectivity index (χ4n) is 1.18. The molecule has 1 heterocycles. The van der Waals surface area contributed by atoms with Crippen molar-refractivity contribution in [2.45, 2.75) is 24.8 Å². The van der Waals surface area contributed by atoms with Gasteiger partial charge in [0, 0.05) is 12.3 Å². The van der Waals surface area contributed by atoms with Crippen LogP contribution in [0.15, 0.2) is 28.0 Å². The molecule has 0 aliphatic rings. The summed E-state index contributed by atoms with van der Waals surface area (Å²) in [7, 11) is -3.86. The first kappa shape index (κ1) is 14.4. The van der Waals surface area contributed by atoms with Gasteiger partial charge in [-0.25, -0.2) is 8.42 Å². The standard InChI is InChI=1S/C10H14N2O5S/c1-3-17-10(14)7(2)12-18(15,16)8-4-5-9(13)11-6-8/h4-7,12H,3H2,1-2H3,(H,11,13). The summed E-state index contributed by atoms with van der Waals surface area (Å²) < 4.78 is 30.5. The van der Waals surface area contributed by atoms with E-state index in [0.29, 0.717) is 0 Å². The Bertz CT molecular complexity index is 558. The summed E-state index contributed by atoms with van der Waals surface area (Å²) in [5, 5.41) is 0. The first-order chi connectivity index (χ1) is 8.36. The van der Waals surface area contributed by atoms with E-state index in [1.54, 1.807) is 6.92 Å². The third-order valence-electron chi connectivity index (χ3n) is 2.04. The minimum atomic E-state index is -3.86. The summed E-state index contributed by atoms with van der Waals surface area (Å²) in [6, 6.07) is 1.24. The van der Waals surface area contributed by atoms with Crippen molar-refractivity contribution in [3.8, 4) is 0 Å². The van der Waals surface area contributed by atoms with Gasteiger partial charge >= 0.3 is 5.97 Å². The number of carbonyl (C=O) groups excluding carboxylic acids is 1. The van der Waals surface area contributed by atoms with E-state index in [1.165, 1.54) is 6.92 Å². The smallest absolute Gasteiger partial charge is 0.323 e. The summed E-state index contributed by atoms with van der Waals surface area (Å²) in [5.41, 5.74) is -0.410. The molecule has 7 nitrogen and oxygen atoms in total. The molecule has 2 N–H and O–H groups in total. The first-order valence-electron chi connectivity index (χ1n) is 5.24. The van der Waals surface area contributed by atoms with Gasteiger partial charge in [0.2, 0.25) is 15.6 Å². The number of rotatable bonds is 5. The maximum absolute atomic E-state index is 11.8. The van der Waals surface area contributed by atoms with Gasteiger partial charge in [-0.1, -0.05) is 0 Å². The number of pyridine rings is 1. The normalized spacial score (nSPS) is 13.0. The van der Waals surface area contributed by atoms with Crippen molar-refractivity contribution >= 4 is 16.0 Å². The topological polar surface area (TPSA) is 105 Å². The maximum Gasteiger partial charge on any atom is 0.323 e. The van der Waals surface area contributed by atoms with Gasteiger partial charge in [0.05, 0.1) is 11.5 Å². The quantitative estimate of drug-likeness (QED) is 0.711. The minimum absolute atomic E-state index is 0.127. The molecule has 1 rings (SSSR count). The van der Waals surface area contributed by atoms with Crippen molar-refractivity contribution in [3.63, 3.8) is 0 Å². The highest BCUT2D eigenvalue weighted by molar-refractivity contribution is 7.89. The highest BCUT2D eigenvalue weighted by Gasteiger charge is 2.22. The van der Waals surface area contributed by atoms with Crippen molar-refractivity contribution in [2.75, 3.05) is 6.61 Å². The Balaban J connectivity index is 2.85. The van der Waals surface area contributed by atoms with E-state index in [4.69, 9.17) is 0 Å². The van der Waals surface area contributed by atoms with Gasteiger partial charge in [0.15, 0.2) is 0 Å². The Labute approximate surface area is 104 Å². The molecule has 0 bridgehead atoms. The largest absolute Gasteiger partial charge is 0.465 e. The molecule has 0 amide bonds. The van der Waals surface area contributed by atoms with Gasteiger partial charge in [0.25, 0.3) is 0 Å². The number of esters is 1. The molecule has 0 aliphatic carbocycles. The molecule has 0 saturated heterocycles. The lowest BCUT2D eigenvalue weighted by atomic mass is 10.4. The number of nitrogens with one attached hydrogen (secondary N) is 2. The lowest BCUT2D eigenvalue weighted by Gasteiger charge is -2.12. The molecule has 0 spiro atoms. The van der Waals surface area contributed by atoms with Crippen molar-refractivity contribution in [3.05, 3.63) is 28.7 Å². The van der Waals surface area contributed by atoms with E-state index in [-0.39, 0.29) is 11.5 Å². The Morgan fingerprint density at radius 1 is 1.50 bits per heavy atom.